The zero-order chi connectivity index (χ0) is 12.7. The monoisotopic (exact) mass is 238 g/mol. The predicted molar refractivity (Wildman–Crippen MR) is 70.2 cm³/mol. The van der Waals surface area contributed by atoms with Crippen molar-refractivity contribution < 1.29 is 0 Å². The second kappa shape index (κ2) is 7.06. The van der Waals surface area contributed by atoms with Gasteiger partial charge in [0.25, 0.3) is 5.56 Å². The van der Waals surface area contributed by atoms with Gasteiger partial charge in [0.05, 0.1) is 0 Å². The van der Waals surface area contributed by atoms with Crippen molar-refractivity contribution in [1.29, 1.82) is 0 Å². The fourth-order valence-electron chi connectivity index (χ4n) is 1.69. The van der Waals surface area contributed by atoms with E-state index in [0.717, 1.165) is 19.3 Å². The molecule has 0 aliphatic heterocycles. The fraction of sp³-hybridized carbons (Fsp3) is 0.667. The Morgan fingerprint density at radius 2 is 2.29 bits per heavy atom. The highest BCUT2D eigenvalue weighted by molar-refractivity contribution is 5.32. The summed E-state index contributed by atoms with van der Waals surface area (Å²) in [5.74, 6) is 0.404. The zero-order valence-electron chi connectivity index (χ0n) is 10.6. The minimum atomic E-state index is -0.0788. The van der Waals surface area contributed by atoms with Gasteiger partial charge in [0, 0.05) is 31.5 Å². The lowest BCUT2D eigenvalue weighted by molar-refractivity contribution is 0.608. The van der Waals surface area contributed by atoms with Gasteiger partial charge in [-0.3, -0.25) is 4.79 Å². The first kappa shape index (κ1) is 13.7. The van der Waals surface area contributed by atoms with Gasteiger partial charge in [-0.2, -0.15) is 0 Å². The maximum Gasteiger partial charge on any atom is 0.293 e. The smallest absolute Gasteiger partial charge is 0.293 e. The first-order chi connectivity index (χ1) is 8.22. The van der Waals surface area contributed by atoms with Crippen LogP contribution < -0.4 is 16.6 Å². The van der Waals surface area contributed by atoms with Crippen LogP contribution in [0.5, 0.6) is 0 Å². The van der Waals surface area contributed by atoms with Gasteiger partial charge in [-0.25, -0.2) is 4.98 Å². The number of aromatic nitrogens is 2. The van der Waals surface area contributed by atoms with Crippen molar-refractivity contribution in [3.05, 3.63) is 22.7 Å². The summed E-state index contributed by atoms with van der Waals surface area (Å²) in [4.78, 5) is 16.0. The molecule has 0 aromatic carbocycles. The number of anilines is 1. The summed E-state index contributed by atoms with van der Waals surface area (Å²) in [5.41, 5.74) is 5.60. The molecule has 0 fully saturated rings. The topological polar surface area (TPSA) is 72.9 Å². The van der Waals surface area contributed by atoms with Crippen molar-refractivity contribution in [3.63, 3.8) is 0 Å². The molecule has 17 heavy (non-hydrogen) atoms. The van der Waals surface area contributed by atoms with E-state index in [0.29, 0.717) is 18.9 Å². The second-order valence-corrected chi connectivity index (χ2v) is 4.09. The third kappa shape index (κ3) is 3.85. The molecule has 0 saturated heterocycles. The maximum atomic E-state index is 11.9. The van der Waals surface area contributed by atoms with Crippen molar-refractivity contribution in [2.75, 3.05) is 11.9 Å². The van der Waals surface area contributed by atoms with Gasteiger partial charge in [-0.1, -0.05) is 19.8 Å². The van der Waals surface area contributed by atoms with Crippen LogP contribution in [0.4, 0.5) is 5.82 Å². The van der Waals surface area contributed by atoms with Crippen LogP contribution in [0.2, 0.25) is 0 Å². The van der Waals surface area contributed by atoms with Gasteiger partial charge in [0.1, 0.15) is 0 Å². The number of nitrogens with two attached hydrogens (primary N) is 1. The largest absolute Gasteiger partial charge is 0.361 e. The third-order valence-electron chi connectivity index (χ3n) is 2.79. The Morgan fingerprint density at radius 3 is 2.88 bits per heavy atom. The van der Waals surface area contributed by atoms with Gasteiger partial charge in [0.2, 0.25) is 0 Å². The van der Waals surface area contributed by atoms with Crippen molar-refractivity contribution >= 4 is 5.82 Å². The molecule has 0 amide bonds. The Balaban J connectivity index is 2.75. The van der Waals surface area contributed by atoms with Gasteiger partial charge < -0.3 is 15.6 Å². The number of unbranched alkanes of at least 4 members (excludes halogenated alkanes) is 1. The van der Waals surface area contributed by atoms with E-state index in [1.54, 1.807) is 17.0 Å². The van der Waals surface area contributed by atoms with Crippen LogP contribution in [-0.2, 0) is 6.54 Å². The van der Waals surface area contributed by atoms with Gasteiger partial charge in [0.15, 0.2) is 5.82 Å². The molecule has 0 spiro atoms. The zero-order valence-corrected chi connectivity index (χ0v) is 10.6. The van der Waals surface area contributed by atoms with Crippen molar-refractivity contribution in [1.82, 2.24) is 9.55 Å². The highest BCUT2D eigenvalue weighted by atomic mass is 16.1. The summed E-state index contributed by atoms with van der Waals surface area (Å²) in [6, 6.07) is 0.128. The highest BCUT2D eigenvalue weighted by Crippen LogP contribution is 2.04. The molecule has 1 unspecified atom stereocenters. The SMILES string of the molecule is CCCCC(CN)Nc1nccn(CC)c1=O. The molecule has 0 radical (unpaired) electrons. The fourth-order valence-corrected chi connectivity index (χ4v) is 1.69. The van der Waals surface area contributed by atoms with Gasteiger partial charge >= 0.3 is 0 Å². The summed E-state index contributed by atoms with van der Waals surface area (Å²) in [5, 5.41) is 3.14. The molecule has 1 aromatic heterocycles. The van der Waals surface area contributed by atoms with Crippen molar-refractivity contribution in [2.45, 2.75) is 45.7 Å². The molecule has 0 bridgehead atoms. The molecule has 1 aromatic rings. The van der Waals surface area contributed by atoms with Crippen LogP contribution >= 0.6 is 0 Å². The van der Waals surface area contributed by atoms with Crippen LogP contribution in [0, 0.1) is 0 Å². The predicted octanol–water partition coefficient (Wildman–Crippen LogP) is 1.19. The summed E-state index contributed by atoms with van der Waals surface area (Å²) < 4.78 is 1.63. The van der Waals surface area contributed by atoms with Crippen LogP contribution in [0.15, 0.2) is 17.2 Å². The average molecular weight is 238 g/mol. The molecule has 1 atom stereocenters. The first-order valence-electron chi connectivity index (χ1n) is 6.24. The van der Waals surface area contributed by atoms with Crippen molar-refractivity contribution in [2.24, 2.45) is 5.73 Å². The van der Waals surface area contributed by atoms with E-state index in [4.69, 9.17) is 5.73 Å². The van der Waals surface area contributed by atoms with E-state index in [9.17, 15) is 4.79 Å². The maximum absolute atomic E-state index is 11.9. The Morgan fingerprint density at radius 1 is 1.53 bits per heavy atom. The Kier molecular flexibility index (Phi) is 5.69. The molecule has 5 nitrogen and oxygen atoms in total. The van der Waals surface area contributed by atoms with E-state index >= 15 is 0 Å². The van der Waals surface area contributed by atoms with E-state index in [1.807, 2.05) is 6.92 Å². The van der Waals surface area contributed by atoms with E-state index in [-0.39, 0.29) is 11.6 Å². The number of rotatable bonds is 7. The van der Waals surface area contributed by atoms with Crippen molar-refractivity contribution in [3.8, 4) is 0 Å². The number of aryl methyl sites for hydroxylation is 1. The first-order valence-corrected chi connectivity index (χ1v) is 6.24. The lowest BCUT2D eigenvalue weighted by Gasteiger charge is -2.17. The molecule has 5 heteroatoms. The quantitative estimate of drug-likeness (QED) is 0.748. The lowest BCUT2D eigenvalue weighted by Crippen LogP contribution is -2.33. The summed E-state index contributed by atoms with van der Waals surface area (Å²) >= 11 is 0. The van der Waals surface area contributed by atoms with Crippen LogP contribution in [-0.4, -0.2) is 22.1 Å². The molecule has 0 saturated carbocycles. The molecule has 1 heterocycles. The van der Waals surface area contributed by atoms with Crippen LogP contribution in [0.25, 0.3) is 0 Å². The third-order valence-corrected chi connectivity index (χ3v) is 2.79. The molecule has 0 aliphatic carbocycles. The summed E-state index contributed by atoms with van der Waals surface area (Å²) in [7, 11) is 0. The Bertz CT molecular complexity index is 388. The molecular weight excluding hydrogens is 216 g/mol. The number of hydrogen-bond acceptors (Lipinski definition) is 4. The van der Waals surface area contributed by atoms with Crippen LogP contribution in [0.1, 0.15) is 33.1 Å². The lowest BCUT2D eigenvalue weighted by atomic mass is 10.1. The minimum Gasteiger partial charge on any atom is -0.361 e. The number of nitrogens with one attached hydrogen (secondary N) is 1. The Labute approximate surface area is 102 Å². The number of hydrogen-bond donors (Lipinski definition) is 2. The highest BCUT2D eigenvalue weighted by Gasteiger charge is 2.10. The summed E-state index contributed by atoms with van der Waals surface area (Å²) in [6.45, 7) is 5.24. The molecule has 3 N–H and O–H groups in total. The molecule has 96 valence electrons. The average Bonchev–Trinajstić information content (AvgIpc) is 2.36. The van der Waals surface area contributed by atoms with E-state index in [2.05, 4.69) is 17.2 Å². The van der Waals surface area contributed by atoms with E-state index in [1.165, 1.54) is 0 Å². The number of nitrogens with zero attached hydrogens (tertiary/aromatic N) is 2. The van der Waals surface area contributed by atoms with E-state index < -0.39 is 0 Å². The normalized spacial score (nSPS) is 12.4. The van der Waals surface area contributed by atoms with Crippen LogP contribution in [0.3, 0.4) is 0 Å². The molecular formula is C12H22N4O. The van der Waals surface area contributed by atoms with Gasteiger partial charge in [-0.15, -0.1) is 0 Å². The minimum absolute atomic E-state index is 0.0788. The molecule has 0 aliphatic rings. The Hall–Kier alpha value is -1.36. The summed E-state index contributed by atoms with van der Waals surface area (Å²) in [6.07, 6.45) is 6.52. The second-order valence-electron chi connectivity index (χ2n) is 4.09. The van der Waals surface area contributed by atoms with Gasteiger partial charge in [-0.05, 0) is 13.3 Å². The standard InChI is InChI=1S/C12H22N4O/c1-3-5-6-10(9-13)15-11-12(17)16(4-2)8-7-14-11/h7-8,10H,3-6,9,13H2,1-2H3,(H,14,15). The molecule has 1 rings (SSSR count).